The number of aliphatic hydroxyl groups excluding tert-OH is 14. The maximum absolute atomic E-state index is 13.2. The highest BCUT2D eigenvalue weighted by Crippen LogP contribution is 2.41. The minimum Gasteiger partial charge on any atom is -0.479 e. The molecule has 0 spiro atoms. The molecule has 0 bridgehead atoms. The van der Waals surface area contributed by atoms with Gasteiger partial charge in [-0.15, -0.1) is 0 Å². The van der Waals surface area contributed by atoms with E-state index in [1.54, 1.807) is 0 Å². The predicted octanol–water partition coefficient (Wildman–Crippen LogP) is -10.3. The van der Waals surface area contributed by atoms with Gasteiger partial charge >= 0.3 is 17.9 Å². The highest BCUT2D eigenvalue weighted by molar-refractivity contribution is 5.77. The van der Waals surface area contributed by atoms with Crippen LogP contribution in [-0.2, 0) is 66.5 Å². The molecule has 26 atom stereocenters. The standard InChI is InChI=1S/C37H60O30/c1-9-16(45)25(20(49)13(6-39)58-9)62-34-23(52)26(21(50)15(8-41)61-34)63-35-31(65-33-22(51)24(57-3)19(48)14(7-40)60-33)28(59-10(2)42)29(30(64-35)32(53)54)67-37(36(55)56)4-11(43)17(46)27(66-37)18(47)12(44)5-38/h9,11-31,33-35,38-41,43-52H,4-8H2,1-3H3,(H,53,54)(H,55,56)/t9-,11+,12-,13-,14-,15-,16+,17-,18-,19-,20-,21-,22-,23+,24+,25+,26-,27-,28+,29+,30+,31-,33+,34-,35+,37+/m1/s1. The molecular weight excluding hydrogens is 924 g/mol. The Morgan fingerprint density at radius 3 is 1.61 bits per heavy atom. The average Bonchev–Trinajstić information content (AvgIpc) is 3.28. The quantitative estimate of drug-likeness (QED) is 0.0567. The van der Waals surface area contributed by atoms with Crippen molar-refractivity contribution in [2.24, 2.45) is 0 Å². The van der Waals surface area contributed by atoms with Gasteiger partial charge in [0, 0.05) is 20.5 Å². The number of aliphatic carboxylic acids is 2. The van der Waals surface area contributed by atoms with E-state index in [1.165, 1.54) is 6.92 Å². The molecule has 16 N–H and O–H groups in total. The second kappa shape index (κ2) is 23.1. The van der Waals surface area contributed by atoms with Crippen molar-refractivity contribution in [3.8, 4) is 0 Å². The summed E-state index contributed by atoms with van der Waals surface area (Å²) in [7, 11) is 1.03. The lowest BCUT2D eigenvalue weighted by atomic mass is 9.90. The lowest BCUT2D eigenvalue weighted by Gasteiger charge is -2.51. The van der Waals surface area contributed by atoms with Crippen LogP contribution < -0.4 is 0 Å². The van der Waals surface area contributed by atoms with E-state index >= 15 is 0 Å². The Morgan fingerprint density at radius 2 is 1.12 bits per heavy atom. The second-order valence-electron chi connectivity index (χ2n) is 16.5. The molecule has 30 heteroatoms. The van der Waals surface area contributed by atoms with Crippen molar-refractivity contribution in [2.75, 3.05) is 33.5 Å². The van der Waals surface area contributed by atoms with E-state index in [2.05, 4.69) is 0 Å². The van der Waals surface area contributed by atoms with E-state index in [-0.39, 0.29) is 0 Å². The molecule has 67 heavy (non-hydrogen) atoms. The molecule has 0 saturated carbocycles. The molecule has 0 radical (unpaired) electrons. The fourth-order valence-corrected chi connectivity index (χ4v) is 8.42. The minimum atomic E-state index is -3.39. The van der Waals surface area contributed by atoms with Crippen molar-refractivity contribution in [3.05, 3.63) is 0 Å². The summed E-state index contributed by atoms with van der Waals surface area (Å²) < 4.78 is 61.8. The SMILES string of the molecule is CO[C@@H]1[C@@H](O)[C@H](O[C@H]2[C@@H](O[C@H]3[C@H](O)[C@@H](O[C@H]4[C@@H](O)[C@@H](C)O[C@H](CO)[C@H]4O)O[C@H](CO)[C@H]3O)O[C@H](C(=O)O)[C@@H](O[C@]3(C(=O)O)C[C@H](O)[C@@H](O)[C@H]([C@H](O)[C@H](O)CO)O3)[C@@H]2OC(C)=O)O[C@H](CO)[C@H]1O. The molecular formula is C37H60O30. The normalized spacial score (nSPS) is 47.1. The first-order valence-electron chi connectivity index (χ1n) is 20.8. The van der Waals surface area contributed by atoms with Crippen molar-refractivity contribution in [3.63, 3.8) is 0 Å². The Kier molecular flexibility index (Phi) is 19.1. The van der Waals surface area contributed by atoms with Gasteiger partial charge in [0.05, 0.1) is 38.6 Å². The number of carboxylic acid groups (broad SMARTS) is 2. The number of hydrogen-bond acceptors (Lipinski definition) is 28. The molecule has 0 unspecified atom stereocenters. The summed E-state index contributed by atoms with van der Waals surface area (Å²) in [5.41, 5.74) is 0. The van der Waals surface area contributed by atoms with Gasteiger partial charge in [-0.05, 0) is 6.92 Å². The number of aliphatic hydroxyl groups is 14. The van der Waals surface area contributed by atoms with Crippen molar-refractivity contribution in [2.45, 2.75) is 179 Å². The van der Waals surface area contributed by atoms with Crippen LogP contribution in [-0.4, -0.2) is 292 Å². The largest absolute Gasteiger partial charge is 0.479 e. The van der Waals surface area contributed by atoms with Gasteiger partial charge in [-0.2, -0.15) is 0 Å². The van der Waals surface area contributed by atoms with Crippen LogP contribution in [0.5, 0.6) is 0 Å². The smallest absolute Gasteiger partial charge is 0.364 e. The lowest BCUT2D eigenvalue weighted by molar-refractivity contribution is -0.407. The Bertz CT molecular complexity index is 1630. The van der Waals surface area contributed by atoms with E-state index in [0.29, 0.717) is 0 Å². The molecule has 5 saturated heterocycles. The summed E-state index contributed by atoms with van der Waals surface area (Å²) in [6.45, 7) is -1.86. The zero-order valence-corrected chi connectivity index (χ0v) is 35.8. The number of carbonyl (C=O) groups excluding carboxylic acids is 1. The summed E-state index contributed by atoms with van der Waals surface area (Å²) in [4.78, 5) is 39.2. The highest BCUT2D eigenvalue weighted by Gasteiger charge is 2.63. The Morgan fingerprint density at radius 1 is 0.627 bits per heavy atom. The highest BCUT2D eigenvalue weighted by atomic mass is 16.8. The summed E-state index contributed by atoms with van der Waals surface area (Å²) >= 11 is 0. The summed E-state index contributed by atoms with van der Waals surface area (Å²) in [5.74, 6) is -8.97. The van der Waals surface area contributed by atoms with Gasteiger partial charge in [0.2, 0.25) is 0 Å². The molecule has 5 aliphatic rings. The first-order valence-corrected chi connectivity index (χ1v) is 20.8. The third kappa shape index (κ3) is 11.5. The van der Waals surface area contributed by atoms with E-state index in [9.17, 15) is 96.1 Å². The first-order chi connectivity index (χ1) is 31.5. The molecule has 5 heterocycles. The molecule has 5 aliphatic heterocycles. The van der Waals surface area contributed by atoms with Crippen molar-refractivity contribution >= 4 is 17.9 Å². The summed E-state index contributed by atoms with van der Waals surface area (Å²) in [6.07, 6.45) is -52.3. The number of rotatable bonds is 18. The fourth-order valence-electron chi connectivity index (χ4n) is 8.42. The molecule has 5 fully saturated rings. The first kappa shape index (κ1) is 55.4. The second-order valence-corrected chi connectivity index (χ2v) is 16.5. The van der Waals surface area contributed by atoms with Crippen LogP contribution in [0.15, 0.2) is 0 Å². The molecule has 388 valence electrons. The van der Waals surface area contributed by atoms with Crippen molar-refractivity contribution in [1.29, 1.82) is 0 Å². The monoisotopic (exact) mass is 984 g/mol. The minimum absolute atomic E-state index is 0.758. The number of carboxylic acids is 2. The van der Waals surface area contributed by atoms with Crippen LogP contribution in [0.1, 0.15) is 20.3 Å². The fraction of sp³-hybridized carbons (Fsp3) is 0.919. The Balaban J connectivity index is 1.61. The van der Waals surface area contributed by atoms with Gasteiger partial charge in [-0.1, -0.05) is 0 Å². The van der Waals surface area contributed by atoms with Gasteiger partial charge in [0.25, 0.3) is 5.79 Å². The third-order valence-corrected chi connectivity index (χ3v) is 12.0. The van der Waals surface area contributed by atoms with Crippen LogP contribution in [0.25, 0.3) is 0 Å². The third-order valence-electron chi connectivity index (χ3n) is 12.0. The van der Waals surface area contributed by atoms with Gasteiger partial charge in [-0.25, -0.2) is 9.59 Å². The van der Waals surface area contributed by atoms with Gasteiger partial charge in [0.15, 0.2) is 37.2 Å². The average molecular weight is 985 g/mol. The zero-order valence-electron chi connectivity index (χ0n) is 35.8. The van der Waals surface area contributed by atoms with Crippen LogP contribution in [0.2, 0.25) is 0 Å². The molecule has 30 nitrogen and oxygen atoms in total. The number of carbonyl (C=O) groups is 3. The van der Waals surface area contributed by atoms with E-state index in [0.717, 1.165) is 14.0 Å². The number of ether oxygens (including phenoxy) is 11. The summed E-state index contributed by atoms with van der Waals surface area (Å²) in [5, 5.41) is 170. The number of methoxy groups -OCH3 is 1. The molecule has 0 amide bonds. The van der Waals surface area contributed by atoms with Gasteiger partial charge in [0.1, 0.15) is 104 Å². The lowest BCUT2D eigenvalue weighted by Crippen LogP contribution is -2.71. The topological polar surface area (TPSA) is 476 Å². The van der Waals surface area contributed by atoms with E-state index in [1.807, 2.05) is 0 Å². The van der Waals surface area contributed by atoms with E-state index < -0.39 is 210 Å². The van der Waals surface area contributed by atoms with E-state index in [4.69, 9.17) is 52.1 Å². The molecule has 5 rings (SSSR count). The maximum Gasteiger partial charge on any atom is 0.364 e. The van der Waals surface area contributed by atoms with Gasteiger partial charge in [-0.3, -0.25) is 4.79 Å². The molecule has 0 aliphatic carbocycles. The van der Waals surface area contributed by atoms with Crippen molar-refractivity contribution in [1.82, 2.24) is 0 Å². The Hall–Kier alpha value is -2.55. The summed E-state index contributed by atoms with van der Waals surface area (Å²) in [6, 6.07) is 0. The van der Waals surface area contributed by atoms with Gasteiger partial charge < -0.3 is 134 Å². The van der Waals surface area contributed by atoms with Crippen LogP contribution >= 0.6 is 0 Å². The molecule has 0 aromatic heterocycles. The zero-order chi connectivity index (χ0) is 50.0. The Labute approximate surface area is 378 Å². The molecule has 0 aromatic rings. The van der Waals surface area contributed by atoms with Crippen LogP contribution in [0, 0.1) is 0 Å². The van der Waals surface area contributed by atoms with Crippen molar-refractivity contribution < 1.29 is 148 Å². The number of hydrogen-bond donors (Lipinski definition) is 16. The molecule has 0 aromatic carbocycles. The van der Waals surface area contributed by atoms with Crippen LogP contribution in [0.4, 0.5) is 0 Å². The van der Waals surface area contributed by atoms with Crippen LogP contribution in [0.3, 0.4) is 0 Å². The number of esters is 1. The predicted molar refractivity (Wildman–Crippen MR) is 202 cm³/mol. The maximum atomic E-state index is 13.2.